The Morgan fingerprint density at radius 1 is 1.26 bits per heavy atom. The van der Waals surface area contributed by atoms with Crippen molar-refractivity contribution in [3.05, 3.63) is 12.7 Å². The molecule has 2 rings (SSSR count). The number of hydrogen-bond donors (Lipinski definition) is 2. The molecule has 6 nitrogen and oxygen atoms in total. The fourth-order valence-electron chi connectivity index (χ4n) is 2.83. The molecular weight excluding hydrogens is 405 g/mol. The molecule has 2 aliphatic rings. The topological polar surface area (TPSA) is 60.0 Å². The third kappa shape index (κ3) is 6.29. The number of guanidine groups is 1. The number of carbonyl (C=O) groups excluding carboxylic acids is 1. The van der Waals surface area contributed by atoms with Gasteiger partial charge >= 0.3 is 0 Å². The maximum absolute atomic E-state index is 12.2. The van der Waals surface area contributed by atoms with Crippen molar-refractivity contribution in [1.82, 2.24) is 20.4 Å². The lowest BCUT2D eigenvalue weighted by atomic mass is 9.84. The van der Waals surface area contributed by atoms with Gasteiger partial charge in [0.1, 0.15) is 0 Å². The van der Waals surface area contributed by atoms with Crippen molar-refractivity contribution in [2.45, 2.75) is 19.3 Å². The van der Waals surface area contributed by atoms with Gasteiger partial charge in [-0.15, -0.1) is 30.6 Å². The summed E-state index contributed by atoms with van der Waals surface area (Å²) in [6.45, 7) is 9.91. The molecule has 0 aromatic rings. The summed E-state index contributed by atoms with van der Waals surface area (Å²) < 4.78 is 0. The highest BCUT2D eigenvalue weighted by Crippen LogP contribution is 2.28. The molecule has 1 aliphatic carbocycles. The van der Waals surface area contributed by atoms with Gasteiger partial charge in [0.15, 0.2) is 5.96 Å². The number of nitrogens with one attached hydrogen (secondary N) is 2. The zero-order valence-corrected chi connectivity index (χ0v) is 16.4. The molecule has 0 unspecified atom stereocenters. The van der Waals surface area contributed by atoms with E-state index in [1.54, 1.807) is 7.05 Å². The molecule has 1 amide bonds. The minimum absolute atomic E-state index is 0. The van der Waals surface area contributed by atoms with Crippen LogP contribution in [0.1, 0.15) is 19.3 Å². The summed E-state index contributed by atoms with van der Waals surface area (Å²) in [6.07, 6.45) is 5.23. The van der Waals surface area contributed by atoms with Crippen LogP contribution in [0.25, 0.3) is 0 Å². The van der Waals surface area contributed by atoms with Gasteiger partial charge in [-0.25, -0.2) is 0 Å². The number of nitrogens with zero attached hydrogens (tertiary/aromatic N) is 3. The molecule has 1 saturated heterocycles. The summed E-state index contributed by atoms with van der Waals surface area (Å²) in [7, 11) is 1.77. The molecule has 1 heterocycles. The molecular formula is C16H30IN5O. The van der Waals surface area contributed by atoms with Gasteiger partial charge in [-0.3, -0.25) is 14.7 Å². The van der Waals surface area contributed by atoms with Crippen LogP contribution in [0.5, 0.6) is 0 Å². The first kappa shape index (κ1) is 20.2. The zero-order valence-electron chi connectivity index (χ0n) is 14.1. The van der Waals surface area contributed by atoms with E-state index in [0.717, 1.165) is 58.1 Å². The van der Waals surface area contributed by atoms with Crippen LogP contribution in [0.15, 0.2) is 17.6 Å². The van der Waals surface area contributed by atoms with Gasteiger partial charge in [-0.05, 0) is 12.8 Å². The second kappa shape index (κ2) is 10.9. The van der Waals surface area contributed by atoms with Crippen molar-refractivity contribution < 1.29 is 4.79 Å². The summed E-state index contributed by atoms with van der Waals surface area (Å²) in [5.41, 5.74) is 0. The monoisotopic (exact) mass is 435 g/mol. The van der Waals surface area contributed by atoms with Gasteiger partial charge < -0.3 is 15.5 Å². The highest BCUT2D eigenvalue weighted by Gasteiger charge is 2.30. The molecule has 2 fully saturated rings. The third-order valence-corrected chi connectivity index (χ3v) is 4.50. The molecule has 7 heteroatoms. The van der Waals surface area contributed by atoms with Crippen LogP contribution in [-0.4, -0.2) is 74.5 Å². The normalized spacial score (nSPS) is 19.5. The largest absolute Gasteiger partial charge is 0.355 e. The number of aliphatic imine (C=N–C) groups is 1. The fourth-order valence-corrected chi connectivity index (χ4v) is 2.83. The lowest BCUT2D eigenvalue weighted by Gasteiger charge is -2.38. The number of carbonyl (C=O) groups is 1. The SMILES string of the molecule is C=CCNC(=NC)NCCN1CCN(C(=O)C2CCC2)CC1.I. The average Bonchev–Trinajstić information content (AvgIpc) is 2.49. The van der Waals surface area contributed by atoms with Crippen LogP contribution >= 0.6 is 24.0 Å². The predicted octanol–water partition coefficient (Wildman–Crippen LogP) is 0.900. The van der Waals surface area contributed by atoms with Crippen LogP contribution in [0, 0.1) is 5.92 Å². The molecule has 0 bridgehead atoms. The number of amides is 1. The molecule has 132 valence electrons. The Labute approximate surface area is 156 Å². The van der Waals surface area contributed by atoms with Gasteiger partial charge in [0.2, 0.25) is 5.91 Å². The number of piperazine rings is 1. The zero-order chi connectivity index (χ0) is 15.8. The minimum Gasteiger partial charge on any atom is -0.355 e. The van der Waals surface area contributed by atoms with E-state index in [2.05, 4.69) is 32.0 Å². The Hall–Kier alpha value is -0.830. The van der Waals surface area contributed by atoms with E-state index >= 15 is 0 Å². The van der Waals surface area contributed by atoms with Gasteiger partial charge in [0.05, 0.1) is 0 Å². The van der Waals surface area contributed by atoms with E-state index in [4.69, 9.17) is 0 Å². The average molecular weight is 435 g/mol. The second-order valence-electron chi connectivity index (χ2n) is 5.96. The van der Waals surface area contributed by atoms with Crippen LogP contribution in [0.2, 0.25) is 0 Å². The van der Waals surface area contributed by atoms with Gasteiger partial charge in [0, 0.05) is 58.8 Å². The first-order valence-corrected chi connectivity index (χ1v) is 8.31. The molecule has 1 saturated carbocycles. The first-order valence-electron chi connectivity index (χ1n) is 8.31. The van der Waals surface area contributed by atoms with Crippen LogP contribution in [0.3, 0.4) is 0 Å². The van der Waals surface area contributed by atoms with Crippen molar-refractivity contribution in [3.63, 3.8) is 0 Å². The van der Waals surface area contributed by atoms with Crippen molar-refractivity contribution in [1.29, 1.82) is 0 Å². The van der Waals surface area contributed by atoms with E-state index in [1.807, 2.05) is 6.08 Å². The van der Waals surface area contributed by atoms with Crippen LogP contribution in [-0.2, 0) is 4.79 Å². The van der Waals surface area contributed by atoms with E-state index in [1.165, 1.54) is 6.42 Å². The van der Waals surface area contributed by atoms with Gasteiger partial charge in [-0.2, -0.15) is 0 Å². The maximum Gasteiger partial charge on any atom is 0.225 e. The molecule has 0 spiro atoms. The van der Waals surface area contributed by atoms with E-state index in [9.17, 15) is 4.79 Å². The van der Waals surface area contributed by atoms with Crippen molar-refractivity contribution in [2.75, 3.05) is 52.9 Å². The molecule has 23 heavy (non-hydrogen) atoms. The standard InChI is InChI=1S/C16H29N5O.HI/c1-3-7-18-16(17-2)19-8-9-20-10-12-21(13-11-20)15(22)14-5-4-6-14;/h3,14H,1,4-13H2,2H3,(H2,17,18,19);1H. The van der Waals surface area contributed by atoms with E-state index in [0.29, 0.717) is 18.4 Å². The van der Waals surface area contributed by atoms with Crippen molar-refractivity contribution in [2.24, 2.45) is 10.9 Å². The van der Waals surface area contributed by atoms with Gasteiger partial charge in [-0.1, -0.05) is 12.5 Å². The number of rotatable bonds is 6. The predicted molar refractivity (Wildman–Crippen MR) is 105 cm³/mol. The number of hydrogen-bond acceptors (Lipinski definition) is 3. The van der Waals surface area contributed by atoms with E-state index in [-0.39, 0.29) is 24.0 Å². The summed E-state index contributed by atoms with van der Waals surface area (Å²) in [5, 5.41) is 6.44. The fraction of sp³-hybridized carbons (Fsp3) is 0.750. The minimum atomic E-state index is 0. The van der Waals surface area contributed by atoms with Crippen LogP contribution in [0.4, 0.5) is 0 Å². The Bertz CT molecular complexity index is 403. The molecule has 1 aliphatic heterocycles. The molecule has 0 atom stereocenters. The summed E-state index contributed by atoms with van der Waals surface area (Å²) in [4.78, 5) is 20.8. The Morgan fingerprint density at radius 2 is 1.96 bits per heavy atom. The van der Waals surface area contributed by atoms with Crippen molar-refractivity contribution in [3.8, 4) is 0 Å². The Balaban J connectivity index is 0.00000264. The van der Waals surface area contributed by atoms with Gasteiger partial charge in [0.25, 0.3) is 0 Å². The lowest BCUT2D eigenvalue weighted by Crippen LogP contribution is -2.52. The Kier molecular flexibility index (Phi) is 9.54. The summed E-state index contributed by atoms with van der Waals surface area (Å²) >= 11 is 0. The molecule has 0 aromatic carbocycles. The van der Waals surface area contributed by atoms with E-state index < -0.39 is 0 Å². The molecule has 2 N–H and O–H groups in total. The quantitative estimate of drug-likeness (QED) is 0.282. The smallest absolute Gasteiger partial charge is 0.225 e. The number of halogens is 1. The highest BCUT2D eigenvalue weighted by atomic mass is 127. The first-order chi connectivity index (χ1) is 10.7. The molecule has 0 aromatic heterocycles. The maximum atomic E-state index is 12.2. The van der Waals surface area contributed by atoms with Crippen molar-refractivity contribution >= 4 is 35.8 Å². The highest BCUT2D eigenvalue weighted by molar-refractivity contribution is 14.0. The summed E-state index contributed by atoms with van der Waals surface area (Å²) in [5.74, 6) is 1.52. The second-order valence-corrected chi connectivity index (χ2v) is 5.96. The lowest BCUT2D eigenvalue weighted by molar-refractivity contribution is -0.139. The third-order valence-electron chi connectivity index (χ3n) is 4.50. The molecule has 0 radical (unpaired) electrons. The summed E-state index contributed by atoms with van der Waals surface area (Å²) in [6, 6.07) is 0. The Morgan fingerprint density at radius 3 is 2.48 bits per heavy atom. The van der Waals surface area contributed by atoms with Crippen LogP contribution < -0.4 is 10.6 Å².